The van der Waals surface area contributed by atoms with Gasteiger partial charge in [-0.1, -0.05) is 0 Å². The Kier molecular flexibility index (Phi) is 3.17. The zero-order valence-electron chi connectivity index (χ0n) is 7.69. The van der Waals surface area contributed by atoms with E-state index in [0.717, 1.165) is 12.1 Å². The van der Waals surface area contributed by atoms with Gasteiger partial charge in [0.15, 0.2) is 0 Å². The molecule has 1 rings (SSSR count). The Morgan fingerprint density at radius 2 is 2.27 bits per heavy atom. The number of methoxy groups -OCH3 is 1. The number of halogens is 1. The van der Waals surface area contributed by atoms with Crippen molar-refractivity contribution in [1.82, 2.24) is 0 Å². The Morgan fingerprint density at radius 3 is 2.73 bits per heavy atom. The first kappa shape index (κ1) is 10.9. The average molecular weight is 214 g/mol. The Morgan fingerprint density at radius 1 is 1.60 bits per heavy atom. The summed E-state index contributed by atoms with van der Waals surface area (Å²) >= 11 is 0. The van der Waals surface area contributed by atoms with E-state index in [0.29, 0.717) is 6.41 Å². The number of nitro benzene ring substituents is 1. The van der Waals surface area contributed by atoms with Crippen LogP contribution in [0.4, 0.5) is 15.8 Å². The second-order valence-corrected chi connectivity index (χ2v) is 2.52. The third-order valence-corrected chi connectivity index (χ3v) is 1.68. The van der Waals surface area contributed by atoms with Gasteiger partial charge in [0.2, 0.25) is 12.2 Å². The average Bonchev–Trinajstić information content (AvgIpc) is 2.20. The van der Waals surface area contributed by atoms with Crippen molar-refractivity contribution in [3.63, 3.8) is 0 Å². The number of nitrogens with zero attached hydrogens (tertiary/aromatic N) is 1. The topological polar surface area (TPSA) is 81.5 Å². The highest BCUT2D eigenvalue weighted by Crippen LogP contribution is 2.31. The highest BCUT2D eigenvalue weighted by molar-refractivity contribution is 5.77. The predicted octanol–water partition coefficient (Wildman–Crippen LogP) is 1.31. The summed E-state index contributed by atoms with van der Waals surface area (Å²) in [5, 5.41) is 12.6. The maximum atomic E-state index is 13.1. The summed E-state index contributed by atoms with van der Waals surface area (Å²) < 4.78 is 17.8. The molecule has 6 nitrogen and oxygen atoms in total. The van der Waals surface area contributed by atoms with Crippen molar-refractivity contribution < 1.29 is 18.8 Å². The summed E-state index contributed by atoms with van der Waals surface area (Å²) in [6.07, 6.45) is 0.319. The summed E-state index contributed by atoms with van der Waals surface area (Å²) in [5.41, 5.74) is -0.680. The highest BCUT2D eigenvalue weighted by Gasteiger charge is 2.18. The predicted molar refractivity (Wildman–Crippen MR) is 49.3 cm³/mol. The van der Waals surface area contributed by atoms with Crippen molar-refractivity contribution in [3.8, 4) is 5.75 Å². The zero-order valence-corrected chi connectivity index (χ0v) is 7.69. The molecular weight excluding hydrogens is 207 g/mol. The van der Waals surface area contributed by atoms with Crippen LogP contribution in [-0.2, 0) is 4.79 Å². The smallest absolute Gasteiger partial charge is 0.307 e. The van der Waals surface area contributed by atoms with Gasteiger partial charge in [0.1, 0.15) is 5.75 Å². The monoisotopic (exact) mass is 214 g/mol. The molecule has 0 saturated heterocycles. The lowest BCUT2D eigenvalue weighted by Gasteiger charge is -2.06. The number of benzene rings is 1. The second kappa shape index (κ2) is 4.36. The molecule has 0 aliphatic heterocycles. The number of hydrogen-bond acceptors (Lipinski definition) is 4. The Labute approximate surface area is 83.8 Å². The number of nitro groups is 1. The zero-order chi connectivity index (χ0) is 11.4. The molecule has 0 radical (unpaired) electrons. The van der Waals surface area contributed by atoms with E-state index < -0.39 is 16.4 Å². The Hall–Kier alpha value is -2.18. The van der Waals surface area contributed by atoms with Crippen LogP contribution >= 0.6 is 0 Å². The van der Waals surface area contributed by atoms with Crippen LogP contribution in [0, 0.1) is 15.9 Å². The molecule has 1 aromatic rings. The minimum absolute atomic E-state index is 0.0187. The normalized spacial score (nSPS) is 9.47. The summed E-state index contributed by atoms with van der Waals surface area (Å²) in [6.45, 7) is 0. The summed E-state index contributed by atoms with van der Waals surface area (Å²) in [7, 11) is 1.26. The molecule has 0 bridgehead atoms. The molecule has 0 atom stereocenters. The first-order chi connectivity index (χ1) is 7.10. The van der Waals surface area contributed by atoms with Crippen molar-refractivity contribution in [3.05, 3.63) is 28.1 Å². The first-order valence-electron chi connectivity index (χ1n) is 3.82. The minimum atomic E-state index is -1.02. The Balaban J connectivity index is 3.29. The summed E-state index contributed by atoms with van der Waals surface area (Å²) in [5.74, 6) is -1.00. The molecular formula is C8H7FN2O4. The van der Waals surface area contributed by atoms with Gasteiger partial charge in [-0.15, -0.1) is 0 Å². The van der Waals surface area contributed by atoms with E-state index in [9.17, 15) is 19.3 Å². The second-order valence-electron chi connectivity index (χ2n) is 2.52. The van der Waals surface area contributed by atoms with Crippen LogP contribution in [0.2, 0.25) is 0 Å². The standard InChI is InChI=1S/C8H7FN2O4/c1-15-8-2-5(9)7(11(13)14)3-6(8)10-4-12/h2-4H,1H3,(H,10,12). The molecule has 0 aromatic heterocycles. The molecule has 0 fully saturated rings. The lowest BCUT2D eigenvalue weighted by Crippen LogP contribution is -2.01. The minimum Gasteiger partial charge on any atom is -0.494 e. The molecule has 0 heterocycles. The summed E-state index contributed by atoms with van der Waals surface area (Å²) in [4.78, 5) is 19.7. The summed E-state index contributed by atoms with van der Waals surface area (Å²) in [6, 6.07) is 1.73. The molecule has 0 aliphatic rings. The number of carbonyl (C=O) groups excluding carboxylic acids is 1. The van der Waals surface area contributed by atoms with Crippen LogP contribution in [-0.4, -0.2) is 18.4 Å². The molecule has 0 aliphatic carbocycles. The van der Waals surface area contributed by atoms with Crippen molar-refractivity contribution in [2.75, 3.05) is 12.4 Å². The number of nitrogens with one attached hydrogen (secondary N) is 1. The molecule has 0 saturated carbocycles. The SMILES string of the molecule is COc1cc(F)c([N+](=O)[O-])cc1NC=O. The van der Waals surface area contributed by atoms with E-state index in [1.165, 1.54) is 7.11 Å². The van der Waals surface area contributed by atoms with Crippen molar-refractivity contribution in [2.45, 2.75) is 0 Å². The first-order valence-corrected chi connectivity index (χ1v) is 3.82. The van der Waals surface area contributed by atoms with E-state index in [4.69, 9.17) is 4.74 Å². The van der Waals surface area contributed by atoms with Crippen molar-refractivity contribution in [2.24, 2.45) is 0 Å². The molecule has 0 unspecified atom stereocenters. The Bertz CT molecular complexity index is 408. The lowest BCUT2D eigenvalue weighted by atomic mass is 10.2. The van der Waals surface area contributed by atoms with Crippen LogP contribution in [0.3, 0.4) is 0 Å². The van der Waals surface area contributed by atoms with Crippen LogP contribution in [0.1, 0.15) is 0 Å². The molecule has 15 heavy (non-hydrogen) atoms. The maximum absolute atomic E-state index is 13.1. The van der Waals surface area contributed by atoms with Crippen LogP contribution < -0.4 is 10.1 Å². The quantitative estimate of drug-likeness (QED) is 0.465. The largest absolute Gasteiger partial charge is 0.494 e. The molecule has 1 aromatic carbocycles. The fourth-order valence-electron chi connectivity index (χ4n) is 1.03. The lowest BCUT2D eigenvalue weighted by molar-refractivity contribution is -0.387. The highest BCUT2D eigenvalue weighted by atomic mass is 19.1. The van der Waals surface area contributed by atoms with Crippen molar-refractivity contribution in [1.29, 1.82) is 0 Å². The maximum Gasteiger partial charge on any atom is 0.307 e. The van der Waals surface area contributed by atoms with E-state index >= 15 is 0 Å². The van der Waals surface area contributed by atoms with Gasteiger partial charge >= 0.3 is 5.69 Å². The fourth-order valence-corrected chi connectivity index (χ4v) is 1.03. The van der Waals surface area contributed by atoms with Gasteiger partial charge in [0.05, 0.1) is 17.7 Å². The number of anilines is 1. The fraction of sp³-hybridized carbons (Fsp3) is 0.125. The van der Waals surface area contributed by atoms with Gasteiger partial charge in [0, 0.05) is 12.1 Å². The van der Waals surface area contributed by atoms with Gasteiger partial charge in [-0.05, 0) is 0 Å². The van der Waals surface area contributed by atoms with E-state index in [1.807, 2.05) is 0 Å². The number of ether oxygens (including phenoxy) is 1. The third-order valence-electron chi connectivity index (χ3n) is 1.68. The number of rotatable bonds is 4. The molecule has 80 valence electrons. The van der Waals surface area contributed by atoms with Crippen LogP contribution in [0.15, 0.2) is 12.1 Å². The molecule has 1 amide bonds. The number of amides is 1. The molecule has 1 N–H and O–H groups in total. The van der Waals surface area contributed by atoms with E-state index in [-0.39, 0.29) is 11.4 Å². The van der Waals surface area contributed by atoms with E-state index in [2.05, 4.69) is 5.32 Å². The van der Waals surface area contributed by atoms with Gasteiger partial charge in [-0.25, -0.2) is 0 Å². The third kappa shape index (κ3) is 2.19. The van der Waals surface area contributed by atoms with Gasteiger partial charge in [0.25, 0.3) is 0 Å². The van der Waals surface area contributed by atoms with Crippen LogP contribution in [0.25, 0.3) is 0 Å². The van der Waals surface area contributed by atoms with Gasteiger partial charge in [-0.3, -0.25) is 14.9 Å². The van der Waals surface area contributed by atoms with Gasteiger partial charge < -0.3 is 10.1 Å². The van der Waals surface area contributed by atoms with Gasteiger partial charge in [-0.2, -0.15) is 4.39 Å². The molecule has 0 spiro atoms. The molecule has 7 heteroatoms. The number of hydrogen-bond donors (Lipinski definition) is 1. The van der Waals surface area contributed by atoms with Crippen molar-refractivity contribution >= 4 is 17.8 Å². The van der Waals surface area contributed by atoms with Crippen LogP contribution in [0.5, 0.6) is 5.75 Å². The number of carbonyl (C=O) groups is 1. The van der Waals surface area contributed by atoms with E-state index in [1.54, 1.807) is 0 Å².